The van der Waals surface area contributed by atoms with E-state index in [9.17, 15) is 14.4 Å². The van der Waals surface area contributed by atoms with Crippen LogP contribution in [0.4, 0.5) is 5.69 Å². The summed E-state index contributed by atoms with van der Waals surface area (Å²) < 4.78 is 0.911. The minimum Gasteiger partial charge on any atom is -0.478 e. The standard InChI is InChI=1S/C21H16ClN3O4S/c1-12(13-5-4-6-14(11-13)23-17(26)9-10-18(27)28)24-25-21(29)20-19(22)15-7-2-3-8-16(15)30-20/h2-11H,1H3,(H,23,26)(H,25,29)(H,27,28)/b10-9+,24-12-. The molecule has 0 spiro atoms. The topological polar surface area (TPSA) is 108 Å². The van der Waals surface area contributed by atoms with E-state index >= 15 is 0 Å². The van der Waals surface area contributed by atoms with Gasteiger partial charge in [0.05, 0.1) is 10.7 Å². The number of carboxylic acid groups (broad SMARTS) is 1. The molecule has 1 heterocycles. The predicted molar refractivity (Wildman–Crippen MR) is 118 cm³/mol. The number of rotatable bonds is 6. The highest BCUT2D eigenvalue weighted by Crippen LogP contribution is 2.34. The first-order valence-corrected chi connectivity index (χ1v) is 9.88. The SMILES string of the molecule is C/C(=N/NC(=O)c1sc2ccccc2c1Cl)c1cccc(NC(=O)/C=C/C(=O)O)c1. The van der Waals surface area contributed by atoms with E-state index in [1.165, 1.54) is 11.3 Å². The van der Waals surface area contributed by atoms with Crippen LogP contribution in [0.2, 0.25) is 5.02 Å². The zero-order chi connectivity index (χ0) is 21.7. The van der Waals surface area contributed by atoms with Crippen molar-refractivity contribution in [3.63, 3.8) is 0 Å². The van der Waals surface area contributed by atoms with Gasteiger partial charge in [-0.2, -0.15) is 5.10 Å². The van der Waals surface area contributed by atoms with Crippen LogP contribution in [-0.2, 0) is 9.59 Å². The van der Waals surface area contributed by atoms with Crippen molar-refractivity contribution in [1.29, 1.82) is 0 Å². The van der Waals surface area contributed by atoms with E-state index in [0.717, 1.165) is 22.2 Å². The van der Waals surface area contributed by atoms with Gasteiger partial charge in [-0.25, -0.2) is 10.2 Å². The average molecular weight is 442 g/mol. The maximum Gasteiger partial charge on any atom is 0.328 e. The Morgan fingerprint density at radius 3 is 2.60 bits per heavy atom. The van der Waals surface area contributed by atoms with Gasteiger partial charge in [0.25, 0.3) is 5.91 Å². The Labute approximate surface area is 180 Å². The summed E-state index contributed by atoms with van der Waals surface area (Å²) in [6.07, 6.45) is 1.67. The number of carbonyl (C=O) groups is 3. The molecule has 0 atom stereocenters. The van der Waals surface area contributed by atoms with E-state index in [1.54, 1.807) is 31.2 Å². The molecule has 7 nitrogen and oxygen atoms in total. The lowest BCUT2D eigenvalue weighted by molar-refractivity contribution is -0.131. The first-order valence-electron chi connectivity index (χ1n) is 8.69. The summed E-state index contributed by atoms with van der Waals surface area (Å²) in [5.41, 5.74) is 4.14. The molecule has 0 unspecified atom stereocenters. The number of hydrogen-bond acceptors (Lipinski definition) is 5. The monoisotopic (exact) mass is 441 g/mol. The molecule has 0 aliphatic heterocycles. The average Bonchev–Trinajstić information content (AvgIpc) is 3.07. The first kappa shape index (κ1) is 21.2. The van der Waals surface area contributed by atoms with Crippen molar-refractivity contribution in [2.75, 3.05) is 5.32 Å². The van der Waals surface area contributed by atoms with Gasteiger partial charge in [-0.3, -0.25) is 9.59 Å². The molecule has 2 amide bonds. The smallest absolute Gasteiger partial charge is 0.328 e. The fraction of sp³-hybridized carbons (Fsp3) is 0.0476. The number of nitrogens with zero attached hydrogens (tertiary/aromatic N) is 1. The second-order valence-corrected chi connectivity index (χ2v) is 7.55. The molecule has 3 aromatic rings. The molecule has 3 rings (SSSR count). The number of halogens is 1. The van der Waals surface area contributed by atoms with Crippen LogP contribution in [0.5, 0.6) is 0 Å². The zero-order valence-corrected chi connectivity index (χ0v) is 17.3. The molecule has 30 heavy (non-hydrogen) atoms. The summed E-state index contributed by atoms with van der Waals surface area (Å²) in [5, 5.41) is 16.5. The van der Waals surface area contributed by atoms with Gasteiger partial charge in [-0.05, 0) is 30.7 Å². The van der Waals surface area contributed by atoms with Gasteiger partial charge in [0.15, 0.2) is 0 Å². The van der Waals surface area contributed by atoms with Crippen molar-refractivity contribution in [1.82, 2.24) is 5.43 Å². The molecule has 2 aromatic carbocycles. The number of aliphatic carboxylic acids is 1. The molecule has 1 aromatic heterocycles. The van der Waals surface area contributed by atoms with Crippen molar-refractivity contribution in [3.05, 3.63) is 76.1 Å². The molecule has 0 aliphatic rings. The fourth-order valence-electron chi connectivity index (χ4n) is 2.56. The third kappa shape index (κ3) is 5.11. The summed E-state index contributed by atoms with van der Waals surface area (Å²) in [7, 11) is 0. The molecule has 0 saturated carbocycles. The number of benzene rings is 2. The maximum atomic E-state index is 12.5. The van der Waals surface area contributed by atoms with Gasteiger partial charge in [0.2, 0.25) is 5.91 Å². The lowest BCUT2D eigenvalue weighted by Gasteiger charge is -2.06. The van der Waals surface area contributed by atoms with Crippen LogP contribution in [0.15, 0.2) is 65.8 Å². The Morgan fingerprint density at radius 1 is 1.10 bits per heavy atom. The minimum absolute atomic E-state index is 0.376. The number of anilines is 1. The Bertz CT molecular complexity index is 1200. The van der Waals surface area contributed by atoms with Gasteiger partial charge < -0.3 is 10.4 Å². The predicted octanol–water partition coefficient (Wildman–Crippen LogP) is 4.29. The molecule has 9 heteroatoms. The number of carbonyl (C=O) groups excluding carboxylic acids is 2. The van der Waals surface area contributed by atoms with Crippen LogP contribution in [0.1, 0.15) is 22.2 Å². The number of amides is 2. The number of nitrogens with one attached hydrogen (secondary N) is 2. The molecular weight excluding hydrogens is 426 g/mol. The third-order valence-corrected chi connectivity index (χ3v) is 5.67. The summed E-state index contributed by atoms with van der Waals surface area (Å²) >= 11 is 7.60. The highest BCUT2D eigenvalue weighted by atomic mass is 35.5. The molecule has 152 valence electrons. The summed E-state index contributed by atoms with van der Waals surface area (Å²) in [6, 6.07) is 14.3. The molecule has 0 saturated heterocycles. The highest BCUT2D eigenvalue weighted by Gasteiger charge is 2.16. The van der Waals surface area contributed by atoms with Crippen LogP contribution in [0.3, 0.4) is 0 Å². The Morgan fingerprint density at radius 2 is 1.87 bits per heavy atom. The Kier molecular flexibility index (Phi) is 6.61. The van der Waals surface area contributed by atoms with Gasteiger partial charge in [-0.15, -0.1) is 11.3 Å². The van der Waals surface area contributed by atoms with Gasteiger partial charge in [-0.1, -0.05) is 41.9 Å². The van der Waals surface area contributed by atoms with Crippen LogP contribution in [0.25, 0.3) is 10.1 Å². The van der Waals surface area contributed by atoms with E-state index in [1.807, 2.05) is 24.3 Å². The number of hydrogen-bond donors (Lipinski definition) is 3. The highest BCUT2D eigenvalue weighted by molar-refractivity contribution is 7.21. The molecule has 0 fully saturated rings. The minimum atomic E-state index is -1.21. The third-order valence-electron chi connectivity index (χ3n) is 3.99. The summed E-state index contributed by atoms with van der Waals surface area (Å²) in [6.45, 7) is 1.71. The van der Waals surface area contributed by atoms with Gasteiger partial charge >= 0.3 is 5.97 Å². The van der Waals surface area contributed by atoms with Crippen LogP contribution in [0, 0.1) is 0 Å². The van der Waals surface area contributed by atoms with Gasteiger partial charge in [0, 0.05) is 27.9 Å². The second-order valence-electron chi connectivity index (χ2n) is 6.12. The number of hydrazone groups is 1. The molecule has 3 N–H and O–H groups in total. The number of fused-ring (bicyclic) bond motifs is 1. The van der Waals surface area contributed by atoms with Crippen molar-refractivity contribution in [2.24, 2.45) is 5.10 Å². The van der Waals surface area contributed by atoms with Crippen molar-refractivity contribution in [3.8, 4) is 0 Å². The van der Waals surface area contributed by atoms with Crippen LogP contribution in [-0.4, -0.2) is 28.6 Å². The maximum absolute atomic E-state index is 12.5. The van der Waals surface area contributed by atoms with Crippen LogP contribution < -0.4 is 10.7 Å². The first-order chi connectivity index (χ1) is 14.3. The van der Waals surface area contributed by atoms with E-state index < -0.39 is 17.8 Å². The largest absolute Gasteiger partial charge is 0.478 e. The van der Waals surface area contributed by atoms with Gasteiger partial charge in [0.1, 0.15) is 4.88 Å². The second kappa shape index (κ2) is 9.34. The zero-order valence-electron chi connectivity index (χ0n) is 15.7. The van der Waals surface area contributed by atoms with E-state index in [0.29, 0.717) is 26.9 Å². The number of thiophene rings is 1. The van der Waals surface area contributed by atoms with Crippen molar-refractivity contribution < 1.29 is 19.5 Å². The lowest BCUT2D eigenvalue weighted by Crippen LogP contribution is -2.18. The fourth-order valence-corrected chi connectivity index (χ4v) is 3.97. The summed E-state index contributed by atoms with van der Waals surface area (Å²) in [5.74, 6) is -2.20. The Balaban J connectivity index is 1.72. The van der Waals surface area contributed by atoms with Crippen LogP contribution >= 0.6 is 22.9 Å². The molecule has 0 aliphatic carbocycles. The van der Waals surface area contributed by atoms with Crippen molar-refractivity contribution in [2.45, 2.75) is 6.92 Å². The molecular formula is C21H16ClN3O4S. The summed E-state index contributed by atoms with van der Waals surface area (Å²) in [4.78, 5) is 35.1. The van der Waals surface area contributed by atoms with E-state index in [4.69, 9.17) is 16.7 Å². The quantitative estimate of drug-likeness (QED) is 0.301. The van der Waals surface area contributed by atoms with Crippen molar-refractivity contribution >= 4 is 62.2 Å². The lowest BCUT2D eigenvalue weighted by atomic mass is 10.1. The van der Waals surface area contributed by atoms with E-state index in [2.05, 4.69) is 15.8 Å². The Hall–Kier alpha value is -3.49. The molecule has 0 radical (unpaired) electrons. The molecule has 0 bridgehead atoms. The van der Waals surface area contributed by atoms with E-state index in [-0.39, 0.29) is 0 Å². The number of carboxylic acids is 1. The normalized spacial score (nSPS) is 11.6.